The summed E-state index contributed by atoms with van der Waals surface area (Å²) >= 11 is 15.4. The molecule has 0 radical (unpaired) electrons. The molecular weight excluding hydrogens is 1890 g/mol. The molecule has 5 aliphatic heterocycles. The van der Waals surface area contributed by atoms with E-state index in [9.17, 15) is 0 Å². The first-order valence-electron chi connectivity index (χ1n) is 43.3. The fourth-order valence-electron chi connectivity index (χ4n) is 17.6. The standard InChI is InChI=1S/C37H27NO2.C22H13BrO2.C18H19BO4.C15H15N.C12H7ClO2.C10H6BrI/c1-37(2)30-12-6-5-10-27(30)28-17-16-24(22-31(28)37)38-32-19-18-25(26-9-3-4-11-29(26)32)23-15-20-35-36(21-23)40-34-14-8-7-13-33(34)39-35;23-18-11-10-15(16-5-1-2-6-17(16)18)14-9-12-21-22(13-14)25-20-8-4-3-7-19(20)24-21;1-17(2)18(3,4)23-19(22-17)12-9-10-15-16(11-12)21-14-8-6-5-7-13(14)20-15;1-15(2)13-6-4-3-5-11(13)12-8-7-10(16)9-14(12)15;13-8-5-6-11-12(7-8)15-10-4-2-1-3-9(10)14-11;11-9-5-6-10(12)8-4-2-1-3-7(8)9/h3-22,38H,1-2H3;1-13H;5-11H,1-4H3;3-9H,16H2,1-2H3;1-7H;1-6H. The van der Waals surface area contributed by atoms with Crippen LogP contribution in [-0.2, 0) is 20.1 Å². The van der Waals surface area contributed by atoms with Crippen LogP contribution in [0.4, 0.5) is 17.1 Å². The molecule has 0 saturated carbocycles. The van der Waals surface area contributed by atoms with Gasteiger partial charge in [-0.3, -0.25) is 0 Å². The molecule has 1 fully saturated rings. The average molecular weight is 1980 g/mol. The maximum Gasteiger partial charge on any atom is 0.494 e. The molecule has 0 atom stereocenters. The summed E-state index contributed by atoms with van der Waals surface area (Å²) in [5.74, 6) is 11.5. The number of benzene rings is 18. The number of hydrogen-bond acceptors (Lipinski definition) is 12. The largest absolute Gasteiger partial charge is 0.494 e. The van der Waals surface area contributed by atoms with Gasteiger partial charge in [0.05, 0.1) is 11.2 Å². The van der Waals surface area contributed by atoms with Crippen molar-refractivity contribution in [2.75, 3.05) is 11.1 Å². The minimum Gasteiger partial charge on any atom is -0.450 e. The molecule has 5 heterocycles. The van der Waals surface area contributed by atoms with Gasteiger partial charge in [-0.1, -0.05) is 283 Å². The van der Waals surface area contributed by atoms with Crippen molar-refractivity contribution in [3.63, 3.8) is 0 Å². The van der Waals surface area contributed by atoms with E-state index in [4.69, 9.17) is 64.5 Å². The molecule has 17 heteroatoms. The van der Waals surface area contributed by atoms with Crippen LogP contribution in [0, 0.1) is 3.57 Å². The number of halogens is 4. The second-order valence-corrected chi connectivity index (χ2v) is 38.1. The van der Waals surface area contributed by atoms with Gasteiger partial charge < -0.3 is 58.3 Å². The minimum absolute atomic E-state index is 0.0334. The number of nitrogens with one attached hydrogen (secondary N) is 1. The Kier molecular flexibility index (Phi) is 23.0. The van der Waals surface area contributed by atoms with Gasteiger partial charge in [0, 0.05) is 56.9 Å². The number of ether oxygens (including phenoxy) is 8. The zero-order valence-electron chi connectivity index (χ0n) is 72.9. The highest BCUT2D eigenvalue weighted by Crippen LogP contribution is 2.55. The molecule has 18 aromatic carbocycles. The highest BCUT2D eigenvalue weighted by atomic mass is 127. The Balaban J connectivity index is 0.000000103. The molecule has 0 unspecified atom stereocenters. The molecule has 3 N–H and O–H groups in total. The third-order valence-electron chi connectivity index (χ3n) is 25.1. The van der Waals surface area contributed by atoms with E-state index in [1.165, 1.54) is 90.4 Å². The molecule has 0 aromatic heterocycles. The van der Waals surface area contributed by atoms with Crippen molar-refractivity contribution in [1.82, 2.24) is 0 Å². The summed E-state index contributed by atoms with van der Waals surface area (Å²) in [6.45, 7) is 17.3. The van der Waals surface area contributed by atoms with Crippen LogP contribution in [0.3, 0.4) is 0 Å². The number of para-hydroxylation sites is 8. The maximum atomic E-state index is 6.19. The predicted molar refractivity (Wildman–Crippen MR) is 547 cm³/mol. The lowest BCUT2D eigenvalue weighted by Crippen LogP contribution is -2.41. The lowest BCUT2D eigenvalue weighted by molar-refractivity contribution is 0.00578. The molecule has 2 aliphatic carbocycles. The van der Waals surface area contributed by atoms with Gasteiger partial charge in [0.2, 0.25) is 0 Å². The molecule has 25 rings (SSSR count). The molecule has 131 heavy (non-hydrogen) atoms. The summed E-state index contributed by atoms with van der Waals surface area (Å²) in [6, 6.07) is 122. The van der Waals surface area contributed by atoms with E-state index in [0.29, 0.717) is 39.5 Å². The number of rotatable bonds is 5. The Bertz CT molecular complexity index is 7490. The third-order valence-corrected chi connectivity index (χ3v) is 27.7. The van der Waals surface area contributed by atoms with Gasteiger partial charge in [-0.25, -0.2) is 0 Å². The Morgan fingerprint density at radius 1 is 0.282 bits per heavy atom. The van der Waals surface area contributed by atoms with Crippen LogP contribution in [0.5, 0.6) is 92.0 Å². The van der Waals surface area contributed by atoms with Crippen molar-refractivity contribution in [3.05, 3.63) is 404 Å². The summed E-state index contributed by atoms with van der Waals surface area (Å²) < 4.78 is 63.1. The van der Waals surface area contributed by atoms with Crippen LogP contribution in [0.2, 0.25) is 5.02 Å². The van der Waals surface area contributed by atoms with Crippen molar-refractivity contribution in [1.29, 1.82) is 0 Å². The van der Waals surface area contributed by atoms with E-state index in [2.05, 4.69) is 294 Å². The van der Waals surface area contributed by atoms with Crippen molar-refractivity contribution >= 4 is 128 Å². The summed E-state index contributed by atoms with van der Waals surface area (Å²) in [6.07, 6.45) is 0. The molecular formula is C114H87BBr2ClIN2O10. The number of fused-ring (bicyclic) bond motifs is 17. The fourth-order valence-corrected chi connectivity index (χ4v) is 19.4. The van der Waals surface area contributed by atoms with Crippen LogP contribution in [-0.4, -0.2) is 18.3 Å². The lowest BCUT2D eigenvalue weighted by atomic mass is 9.79. The van der Waals surface area contributed by atoms with E-state index in [-0.39, 0.29) is 22.0 Å². The van der Waals surface area contributed by atoms with E-state index in [1.54, 1.807) is 18.2 Å². The SMILES string of the molecule is Brc1ccc(-c2ccc3c(c2)Oc2ccccc2O3)c2ccccc12.Brc1ccc(I)c2ccccc12.CC1(C)OB(c2ccc3c(c2)Oc2ccccc2O3)OC1(C)C.CC1(C)c2ccccc2-c2ccc(N)cc21.CC1(C)c2ccccc2-c2ccc(Nc3ccc(-c4ccc5c(c4)Oc4ccccc4O5)c4ccccc34)cc21.Clc1ccc2c(c1)Oc1ccccc1O2. The molecule has 644 valence electrons. The molecule has 0 spiro atoms. The zero-order valence-corrected chi connectivity index (χ0v) is 79.0. The summed E-state index contributed by atoms with van der Waals surface area (Å²) in [4.78, 5) is 0. The monoisotopic (exact) mass is 1970 g/mol. The van der Waals surface area contributed by atoms with Crippen LogP contribution >= 0.6 is 66.1 Å². The van der Waals surface area contributed by atoms with E-state index in [0.717, 1.165) is 101 Å². The van der Waals surface area contributed by atoms with Crippen LogP contribution < -0.4 is 54.4 Å². The number of hydrogen-bond donors (Lipinski definition) is 2. The second kappa shape index (κ2) is 35.2. The molecule has 7 aliphatic rings. The van der Waals surface area contributed by atoms with Crippen molar-refractivity contribution < 1.29 is 47.2 Å². The quantitative estimate of drug-likeness (QED) is 0.0966. The molecule has 18 aromatic rings. The topological polar surface area (TPSA) is 130 Å². The molecule has 0 amide bonds. The van der Waals surface area contributed by atoms with Crippen LogP contribution in [0.1, 0.15) is 77.6 Å². The van der Waals surface area contributed by atoms with Gasteiger partial charge in [-0.2, -0.15) is 0 Å². The van der Waals surface area contributed by atoms with E-state index < -0.39 is 7.12 Å². The zero-order chi connectivity index (χ0) is 90.0. The third kappa shape index (κ3) is 16.9. The average Bonchev–Trinajstić information content (AvgIpc) is 1.58. The predicted octanol–water partition coefficient (Wildman–Crippen LogP) is 33.5. The van der Waals surface area contributed by atoms with Crippen LogP contribution in [0.25, 0.3) is 76.8 Å². The number of nitrogens with two attached hydrogens (primary N) is 1. The highest BCUT2D eigenvalue weighted by molar-refractivity contribution is 14.1. The van der Waals surface area contributed by atoms with Crippen LogP contribution in [0.15, 0.2) is 373 Å². The van der Waals surface area contributed by atoms with E-state index in [1.807, 2.05) is 167 Å². The van der Waals surface area contributed by atoms with E-state index >= 15 is 0 Å². The first-order chi connectivity index (χ1) is 63.4. The van der Waals surface area contributed by atoms with Gasteiger partial charge in [0.15, 0.2) is 92.0 Å². The normalized spacial score (nSPS) is 14.3. The Labute approximate surface area is 797 Å². The minimum atomic E-state index is -0.411. The van der Waals surface area contributed by atoms with Gasteiger partial charge >= 0.3 is 7.12 Å². The molecule has 1 saturated heterocycles. The first-order valence-corrected chi connectivity index (χ1v) is 46.4. The Morgan fingerprint density at radius 2 is 0.618 bits per heavy atom. The second-order valence-electron chi connectivity index (χ2n) is 34.8. The van der Waals surface area contributed by atoms with Gasteiger partial charge in [0.1, 0.15) is 0 Å². The fraction of sp³-hybridized carbons (Fsp3) is 0.105. The summed E-state index contributed by atoms with van der Waals surface area (Å²) in [7, 11) is -0.411. The van der Waals surface area contributed by atoms with Gasteiger partial charge in [-0.05, 0) is 295 Å². The molecule has 12 nitrogen and oxygen atoms in total. The van der Waals surface area contributed by atoms with Crippen molar-refractivity contribution in [2.24, 2.45) is 0 Å². The molecule has 0 bridgehead atoms. The lowest BCUT2D eigenvalue weighted by Gasteiger charge is -2.32. The Morgan fingerprint density at radius 3 is 1.10 bits per heavy atom. The van der Waals surface area contributed by atoms with Crippen molar-refractivity contribution in [3.8, 4) is 136 Å². The number of anilines is 3. The summed E-state index contributed by atoms with van der Waals surface area (Å²) in [5, 5.41) is 11.7. The summed E-state index contributed by atoms with van der Waals surface area (Å²) in [5.41, 5.74) is 24.5. The smallest absolute Gasteiger partial charge is 0.450 e. The first kappa shape index (κ1) is 85.8. The van der Waals surface area contributed by atoms with Gasteiger partial charge in [0.25, 0.3) is 0 Å². The van der Waals surface area contributed by atoms with Crippen molar-refractivity contribution in [2.45, 2.75) is 77.4 Å². The highest BCUT2D eigenvalue weighted by Gasteiger charge is 2.52. The van der Waals surface area contributed by atoms with Gasteiger partial charge in [-0.15, -0.1) is 0 Å². The number of nitrogen functional groups attached to an aromatic ring is 1. The Hall–Kier alpha value is -13.3. The maximum absolute atomic E-state index is 6.19.